The topological polar surface area (TPSA) is 40.2 Å². The van der Waals surface area contributed by atoms with Crippen molar-refractivity contribution in [2.45, 2.75) is 25.1 Å². The SMILES string of the molecule is CN1CC=C(c2ccc(C(F)(F)F)cn2)C=C1CNCC1CCCN1. The number of nitrogens with zero attached hydrogens (tertiary/aromatic N) is 2. The van der Waals surface area contributed by atoms with E-state index in [1.807, 2.05) is 19.2 Å². The molecule has 2 N–H and O–H groups in total. The Morgan fingerprint density at radius 1 is 1.36 bits per heavy atom. The summed E-state index contributed by atoms with van der Waals surface area (Å²) in [5.41, 5.74) is 1.82. The van der Waals surface area contributed by atoms with Crippen LogP contribution in [0.25, 0.3) is 5.57 Å². The fraction of sp³-hybridized carbons (Fsp3) is 0.500. The molecule has 1 aromatic heterocycles. The second-order valence-corrected chi connectivity index (χ2v) is 6.53. The van der Waals surface area contributed by atoms with E-state index in [1.54, 1.807) is 0 Å². The molecule has 3 heterocycles. The van der Waals surface area contributed by atoms with E-state index in [4.69, 9.17) is 0 Å². The van der Waals surface area contributed by atoms with Crippen molar-refractivity contribution in [3.8, 4) is 0 Å². The minimum absolute atomic E-state index is 0.529. The predicted octanol–water partition coefficient (Wildman–Crippen LogP) is 2.65. The van der Waals surface area contributed by atoms with Gasteiger partial charge < -0.3 is 15.5 Å². The van der Waals surface area contributed by atoms with Gasteiger partial charge in [-0.15, -0.1) is 0 Å². The molecule has 0 aromatic carbocycles. The van der Waals surface area contributed by atoms with Gasteiger partial charge in [0.15, 0.2) is 0 Å². The van der Waals surface area contributed by atoms with Crippen molar-refractivity contribution in [3.63, 3.8) is 0 Å². The summed E-state index contributed by atoms with van der Waals surface area (Å²) in [6.07, 6.45) is 2.94. The summed E-state index contributed by atoms with van der Waals surface area (Å²) in [6.45, 7) is 3.45. The quantitative estimate of drug-likeness (QED) is 0.855. The highest BCUT2D eigenvalue weighted by Crippen LogP contribution is 2.29. The first-order valence-electron chi connectivity index (χ1n) is 8.53. The van der Waals surface area contributed by atoms with Gasteiger partial charge in [-0.2, -0.15) is 13.2 Å². The molecule has 7 heteroatoms. The Bertz CT molecular complexity index is 643. The van der Waals surface area contributed by atoms with Crippen LogP contribution in [0.2, 0.25) is 0 Å². The lowest BCUT2D eigenvalue weighted by Crippen LogP contribution is -2.37. The van der Waals surface area contributed by atoms with Crippen LogP contribution < -0.4 is 10.6 Å². The first-order chi connectivity index (χ1) is 11.9. The van der Waals surface area contributed by atoms with Gasteiger partial charge in [0.05, 0.1) is 11.3 Å². The Hall–Kier alpha value is -1.86. The highest BCUT2D eigenvalue weighted by molar-refractivity contribution is 5.73. The summed E-state index contributed by atoms with van der Waals surface area (Å²) in [4.78, 5) is 6.12. The van der Waals surface area contributed by atoms with E-state index < -0.39 is 11.7 Å². The molecule has 4 nitrogen and oxygen atoms in total. The monoisotopic (exact) mass is 352 g/mol. The van der Waals surface area contributed by atoms with Crippen molar-refractivity contribution in [2.75, 3.05) is 33.2 Å². The maximum atomic E-state index is 12.7. The van der Waals surface area contributed by atoms with E-state index >= 15 is 0 Å². The zero-order valence-corrected chi connectivity index (χ0v) is 14.2. The third kappa shape index (κ3) is 4.61. The molecule has 1 saturated heterocycles. The molecule has 0 aliphatic carbocycles. The van der Waals surface area contributed by atoms with E-state index in [0.29, 0.717) is 18.3 Å². The Morgan fingerprint density at radius 2 is 2.20 bits per heavy atom. The Balaban J connectivity index is 1.64. The normalized spacial score (nSPS) is 21.3. The van der Waals surface area contributed by atoms with Gasteiger partial charge in [-0.3, -0.25) is 4.98 Å². The summed E-state index contributed by atoms with van der Waals surface area (Å²) in [7, 11) is 2.01. The lowest BCUT2D eigenvalue weighted by molar-refractivity contribution is -0.137. The number of rotatable bonds is 5. The van der Waals surface area contributed by atoms with Crippen molar-refractivity contribution in [3.05, 3.63) is 47.4 Å². The number of halogens is 3. The van der Waals surface area contributed by atoms with Crippen LogP contribution in [0, 0.1) is 0 Å². The number of likely N-dealkylation sites (N-methyl/N-ethyl adjacent to an activating group) is 1. The predicted molar refractivity (Wildman–Crippen MR) is 91.8 cm³/mol. The van der Waals surface area contributed by atoms with Gasteiger partial charge in [-0.05, 0) is 43.2 Å². The lowest BCUT2D eigenvalue weighted by Gasteiger charge is -2.26. The van der Waals surface area contributed by atoms with Crippen molar-refractivity contribution < 1.29 is 13.2 Å². The molecule has 0 amide bonds. The molecular formula is C18H23F3N4. The van der Waals surface area contributed by atoms with Crippen LogP contribution >= 0.6 is 0 Å². The number of hydrogen-bond acceptors (Lipinski definition) is 4. The standard InChI is InChI=1S/C18H23F3N4/c1-25-8-6-13(17-5-4-14(10-24-17)18(19,20)21)9-16(25)12-22-11-15-3-2-7-23-15/h4-6,9-10,15,22-23H,2-3,7-8,11-12H2,1H3. The number of hydrogen-bond donors (Lipinski definition) is 2. The molecule has 1 fully saturated rings. The number of allylic oxidation sites excluding steroid dienone is 2. The van der Waals surface area contributed by atoms with E-state index in [9.17, 15) is 13.2 Å². The van der Waals surface area contributed by atoms with Gasteiger partial charge in [0, 0.05) is 44.6 Å². The summed E-state index contributed by atoms with van der Waals surface area (Å²) < 4.78 is 38.0. The average Bonchev–Trinajstić information content (AvgIpc) is 3.09. The zero-order valence-electron chi connectivity index (χ0n) is 14.2. The zero-order chi connectivity index (χ0) is 17.9. The summed E-state index contributed by atoms with van der Waals surface area (Å²) in [5, 5.41) is 6.91. The Morgan fingerprint density at radius 3 is 2.84 bits per heavy atom. The number of aromatic nitrogens is 1. The van der Waals surface area contributed by atoms with Crippen LogP contribution in [-0.4, -0.2) is 49.2 Å². The third-order valence-electron chi connectivity index (χ3n) is 4.64. The molecule has 3 rings (SSSR count). The second-order valence-electron chi connectivity index (χ2n) is 6.53. The average molecular weight is 352 g/mol. The molecule has 2 aliphatic rings. The highest BCUT2D eigenvalue weighted by Gasteiger charge is 2.30. The number of nitrogens with one attached hydrogen (secondary N) is 2. The molecule has 0 spiro atoms. The summed E-state index contributed by atoms with van der Waals surface area (Å²) in [6, 6.07) is 3.05. The molecule has 0 bridgehead atoms. The highest BCUT2D eigenvalue weighted by atomic mass is 19.4. The van der Waals surface area contributed by atoms with Gasteiger partial charge >= 0.3 is 6.18 Å². The minimum atomic E-state index is -4.36. The molecule has 136 valence electrons. The molecule has 2 aliphatic heterocycles. The van der Waals surface area contributed by atoms with E-state index in [2.05, 4.69) is 20.5 Å². The largest absolute Gasteiger partial charge is 0.417 e. The maximum Gasteiger partial charge on any atom is 0.417 e. The van der Waals surface area contributed by atoms with Crippen molar-refractivity contribution in [1.29, 1.82) is 0 Å². The van der Waals surface area contributed by atoms with Gasteiger partial charge in [-0.1, -0.05) is 6.08 Å². The fourth-order valence-corrected chi connectivity index (χ4v) is 3.10. The van der Waals surface area contributed by atoms with Gasteiger partial charge in [0.25, 0.3) is 0 Å². The molecule has 0 saturated carbocycles. The van der Waals surface area contributed by atoms with Crippen LogP contribution in [0.5, 0.6) is 0 Å². The lowest BCUT2D eigenvalue weighted by atomic mass is 10.1. The summed E-state index contributed by atoms with van der Waals surface area (Å²) in [5.74, 6) is 0. The van der Waals surface area contributed by atoms with E-state index in [-0.39, 0.29) is 0 Å². The van der Waals surface area contributed by atoms with Gasteiger partial charge in [0.1, 0.15) is 0 Å². The second kappa shape index (κ2) is 7.58. The first-order valence-corrected chi connectivity index (χ1v) is 8.53. The Labute approximate surface area is 145 Å². The van der Waals surface area contributed by atoms with Crippen LogP contribution in [0.1, 0.15) is 24.1 Å². The Kier molecular flexibility index (Phi) is 5.44. The van der Waals surface area contributed by atoms with Gasteiger partial charge in [-0.25, -0.2) is 0 Å². The van der Waals surface area contributed by atoms with Crippen LogP contribution in [0.15, 0.2) is 36.2 Å². The van der Waals surface area contributed by atoms with Crippen molar-refractivity contribution in [2.24, 2.45) is 0 Å². The maximum absolute atomic E-state index is 12.7. The molecule has 0 radical (unpaired) electrons. The molecular weight excluding hydrogens is 329 g/mol. The summed E-state index contributed by atoms with van der Waals surface area (Å²) >= 11 is 0. The smallest absolute Gasteiger partial charge is 0.373 e. The molecule has 1 unspecified atom stereocenters. The van der Waals surface area contributed by atoms with Gasteiger partial charge in [0.2, 0.25) is 0 Å². The number of alkyl halides is 3. The van der Waals surface area contributed by atoms with E-state index in [0.717, 1.165) is 43.2 Å². The van der Waals surface area contributed by atoms with Crippen LogP contribution in [0.4, 0.5) is 13.2 Å². The third-order valence-corrected chi connectivity index (χ3v) is 4.64. The number of pyridine rings is 1. The van der Waals surface area contributed by atoms with Crippen LogP contribution in [0.3, 0.4) is 0 Å². The van der Waals surface area contributed by atoms with Crippen LogP contribution in [-0.2, 0) is 6.18 Å². The molecule has 1 atom stereocenters. The minimum Gasteiger partial charge on any atom is -0.373 e. The molecule has 25 heavy (non-hydrogen) atoms. The van der Waals surface area contributed by atoms with Crippen molar-refractivity contribution in [1.82, 2.24) is 20.5 Å². The van der Waals surface area contributed by atoms with E-state index in [1.165, 1.54) is 18.9 Å². The first kappa shape index (κ1) is 17.9. The van der Waals surface area contributed by atoms with Crippen molar-refractivity contribution >= 4 is 5.57 Å². The molecule has 1 aromatic rings. The fourth-order valence-electron chi connectivity index (χ4n) is 3.10.